The van der Waals surface area contributed by atoms with Crippen molar-refractivity contribution in [2.24, 2.45) is 23.2 Å². The zero-order valence-electron chi connectivity index (χ0n) is 10.5. The van der Waals surface area contributed by atoms with Crippen LogP contribution in [0, 0.1) is 23.2 Å². The first kappa shape index (κ1) is 10.1. The molecule has 2 unspecified atom stereocenters. The fourth-order valence-electron chi connectivity index (χ4n) is 4.28. The summed E-state index contributed by atoms with van der Waals surface area (Å²) < 4.78 is 0. The third kappa shape index (κ3) is 1.25. The predicted molar refractivity (Wildman–Crippen MR) is 63.8 cm³/mol. The maximum Gasteiger partial charge on any atom is 0.00698 e. The summed E-state index contributed by atoms with van der Waals surface area (Å²) in [7, 11) is 0. The first-order valence-electron chi connectivity index (χ1n) is 6.87. The standard InChI is InChI=1S/C14H25N/c1-10(2)14-8-12(9-14)13(14)7-11(3)15-5-4-6-15/h10-13H,4-9H2,1-3H3. The Morgan fingerprint density at radius 2 is 1.87 bits per heavy atom. The van der Waals surface area contributed by atoms with Crippen molar-refractivity contribution < 1.29 is 0 Å². The molecule has 15 heavy (non-hydrogen) atoms. The molecule has 1 aliphatic heterocycles. The van der Waals surface area contributed by atoms with Gasteiger partial charge in [0.1, 0.15) is 0 Å². The average Bonchev–Trinajstić information content (AvgIpc) is 1.92. The van der Waals surface area contributed by atoms with Gasteiger partial charge in [-0.05, 0) is 68.9 Å². The number of rotatable bonds is 4. The van der Waals surface area contributed by atoms with Gasteiger partial charge in [0.05, 0.1) is 0 Å². The van der Waals surface area contributed by atoms with Crippen LogP contribution in [-0.2, 0) is 0 Å². The van der Waals surface area contributed by atoms with E-state index in [2.05, 4.69) is 25.7 Å². The summed E-state index contributed by atoms with van der Waals surface area (Å²) in [5.41, 5.74) is 0.795. The molecule has 1 nitrogen and oxygen atoms in total. The lowest BCUT2D eigenvalue weighted by atomic mass is 9.33. The Labute approximate surface area is 94.2 Å². The van der Waals surface area contributed by atoms with Gasteiger partial charge in [0, 0.05) is 6.04 Å². The molecule has 4 fully saturated rings. The van der Waals surface area contributed by atoms with Crippen molar-refractivity contribution in [1.29, 1.82) is 0 Å². The van der Waals surface area contributed by atoms with Crippen molar-refractivity contribution in [2.75, 3.05) is 13.1 Å². The Hall–Kier alpha value is -0.0400. The molecule has 3 aliphatic carbocycles. The van der Waals surface area contributed by atoms with Gasteiger partial charge in [-0.25, -0.2) is 0 Å². The quantitative estimate of drug-likeness (QED) is 0.684. The molecule has 0 aromatic carbocycles. The molecule has 1 saturated heterocycles. The molecule has 0 aromatic rings. The summed E-state index contributed by atoms with van der Waals surface area (Å²) in [6.45, 7) is 10.1. The minimum Gasteiger partial charge on any atom is -0.301 e. The van der Waals surface area contributed by atoms with Crippen molar-refractivity contribution in [2.45, 2.75) is 52.5 Å². The van der Waals surface area contributed by atoms with Crippen LogP contribution in [-0.4, -0.2) is 24.0 Å². The molecule has 4 aliphatic rings. The van der Waals surface area contributed by atoms with E-state index in [1.54, 1.807) is 12.8 Å². The molecule has 2 atom stereocenters. The minimum absolute atomic E-state index is 0.795. The van der Waals surface area contributed by atoms with Crippen LogP contribution in [0.2, 0.25) is 0 Å². The zero-order valence-corrected chi connectivity index (χ0v) is 10.5. The summed E-state index contributed by atoms with van der Waals surface area (Å²) in [5.74, 6) is 3.14. The third-order valence-corrected chi connectivity index (χ3v) is 5.85. The lowest BCUT2D eigenvalue weighted by molar-refractivity contribution is -0.227. The van der Waals surface area contributed by atoms with Gasteiger partial charge in [0.15, 0.2) is 0 Å². The first-order chi connectivity index (χ1) is 7.13. The summed E-state index contributed by atoms with van der Waals surface area (Å²) >= 11 is 0. The van der Waals surface area contributed by atoms with E-state index in [1.165, 1.54) is 25.9 Å². The molecule has 0 radical (unpaired) electrons. The zero-order chi connectivity index (χ0) is 10.6. The fourth-order valence-corrected chi connectivity index (χ4v) is 4.28. The fraction of sp³-hybridized carbons (Fsp3) is 1.00. The second-order valence-electron chi connectivity index (χ2n) is 6.64. The Balaban J connectivity index is 1.56. The highest BCUT2D eigenvalue weighted by atomic mass is 15.2. The van der Waals surface area contributed by atoms with Gasteiger partial charge in [-0.2, -0.15) is 0 Å². The van der Waals surface area contributed by atoms with Crippen molar-refractivity contribution in [1.82, 2.24) is 4.90 Å². The van der Waals surface area contributed by atoms with Crippen LogP contribution in [0.5, 0.6) is 0 Å². The number of nitrogens with zero attached hydrogens (tertiary/aromatic N) is 1. The Morgan fingerprint density at radius 1 is 1.20 bits per heavy atom. The predicted octanol–water partition coefficient (Wildman–Crippen LogP) is 3.15. The summed E-state index contributed by atoms with van der Waals surface area (Å²) in [5, 5.41) is 0. The van der Waals surface area contributed by atoms with Gasteiger partial charge in [-0.15, -0.1) is 0 Å². The molecule has 1 heterocycles. The van der Waals surface area contributed by atoms with E-state index in [0.717, 1.165) is 29.2 Å². The second kappa shape index (κ2) is 3.23. The molecule has 86 valence electrons. The van der Waals surface area contributed by atoms with Gasteiger partial charge in [0.25, 0.3) is 0 Å². The number of hydrogen-bond donors (Lipinski definition) is 0. The smallest absolute Gasteiger partial charge is 0.00698 e. The molecule has 2 bridgehead atoms. The van der Waals surface area contributed by atoms with E-state index in [9.17, 15) is 0 Å². The molecule has 0 N–H and O–H groups in total. The maximum absolute atomic E-state index is 2.67. The summed E-state index contributed by atoms with van der Waals surface area (Å²) in [6.07, 6.45) is 6.04. The minimum atomic E-state index is 0.795. The van der Waals surface area contributed by atoms with E-state index < -0.39 is 0 Å². The normalized spacial score (nSPS) is 45.6. The molecule has 3 saturated carbocycles. The Kier molecular flexibility index (Phi) is 2.18. The van der Waals surface area contributed by atoms with Gasteiger partial charge in [-0.1, -0.05) is 13.8 Å². The SMILES string of the molecule is CC(CC1C2CC1(C(C)C)C2)N1CCC1. The van der Waals surface area contributed by atoms with Crippen LogP contribution in [0.1, 0.15) is 46.5 Å². The summed E-state index contributed by atoms with van der Waals surface area (Å²) in [6, 6.07) is 0.866. The maximum atomic E-state index is 2.67. The lowest BCUT2D eigenvalue weighted by Gasteiger charge is -2.72. The van der Waals surface area contributed by atoms with Gasteiger partial charge in [-0.3, -0.25) is 0 Å². The molecule has 1 heteroatoms. The van der Waals surface area contributed by atoms with Crippen molar-refractivity contribution in [3.63, 3.8) is 0 Å². The highest BCUT2D eigenvalue weighted by Crippen LogP contribution is 2.73. The van der Waals surface area contributed by atoms with E-state index in [4.69, 9.17) is 0 Å². The Morgan fingerprint density at radius 3 is 2.20 bits per heavy atom. The number of hydrogen-bond acceptors (Lipinski definition) is 1. The molecule has 0 amide bonds. The lowest BCUT2D eigenvalue weighted by Crippen LogP contribution is -2.65. The first-order valence-corrected chi connectivity index (χ1v) is 6.87. The van der Waals surface area contributed by atoms with Gasteiger partial charge in [0.2, 0.25) is 0 Å². The van der Waals surface area contributed by atoms with E-state index in [1.807, 2.05) is 0 Å². The van der Waals surface area contributed by atoms with Crippen LogP contribution >= 0.6 is 0 Å². The van der Waals surface area contributed by atoms with Crippen LogP contribution in [0.3, 0.4) is 0 Å². The van der Waals surface area contributed by atoms with Crippen LogP contribution in [0.4, 0.5) is 0 Å². The molecular formula is C14H25N. The Bertz CT molecular complexity index is 248. The van der Waals surface area contributed by atoms with Gasteiger partial charge >= 0.3 is 0 Å². The topological polar surface area (TPSA) is 3.24 Å². The van der Waals surface area contributed by atoms with Gasteiger partial charge < -0.3 is 4.90 Å². The van der Waals surface area contributed by atoms with Crippen molar-refractivity contribution in [3.8, 4) is 0 Å². The van der Waals surface area contributed by atoms with E-state index in [-0.39, 0.29) is 0 Å². The molecule has 0 aromatic heterocycles. The molecular weight excluding hydrogens is 182 g/mol. The highest BCUT2D eigenvalue weighted by molar-refractivity contribution is 5.15. The van der Waals surface area contributed by atoms with Crippen LogP contribution in [0.25, 0.3) is 0 Å². The molecule has 4 rings (SSSR count). The van der Waals surface area contributed by atoms with E-state index in [0.29, 0.717) is 0 Å². The largest absolute Gasteiger partial charge is 0.301 e. The van der Waals surface area contributed by atoms with Crippen molar-refractivity contribution in [3.05, 3.63) is 0 Å². The van der Waals surface area contributed by atoms with Crippen LogP contribution in [0.15, 0.2) is 0 Å². The van der Waals surface area contributed by atoms with Crippen LogP contribution < -0.4 is 0 Å². The monoisotopic (exact) mass is 207 g/mol. The average molecular weight is 207 g/mol. The van der Waals surface area contributed by atoms with E-state index >= 15 is 0 Å². The molecule has 0 spiro atoms. The highest BCUT2D eigenvalue weighted by Gasteiger charge is 2.65. The van der Waals surface area contributed by atoms with Crippen molar-refractivity contribution >= 4 is 0 Å². The second-order valence-corrected chi connectivity index (χ2v) is 6.64. The third-order valence-electron chi connectivity index (χ3n) is 5.85. The number of likely N-dealkylation sites (tertiary alicyclic amines) is 1. The summed E-state index contributed by atoms with van der Waals surface area (Å²) in [4.78, 5) is 2.67.